The summed E-state index contributed by atoms with van der Waals surface area (Å²) in [5.74, 6) is 0. The maximum absolute atomic E-state index is 5.48. The minimum absolute atomic E-state index is 0.395. The van der Waals surface area contributed by atoms with Crippen LogP contribution >= 0.6 is 0 Å². The molecule has 2 N–H and O–H groups in total. The second kappa shape index (κ2) is 4.56. The highest BCUT2D eigenvalue weighted by atomic mass is 14.7. The van der Waals surface area contributed by atoms with Gasteiger partial charge < -0.3 is 5.73 Å². The molecule has 0 amide bonds. The molecular weight excluding hydrogens is 172 g/mol. The van der Waals surface area contributed by atoms with Crippen molar-refractivity contribution in [2.75, 3.05) is 0 Å². The second-order valence-electron chi connectivity index (χ2n) is 4.92. The fourth-order valence-electron chi connectivity index (χ4n) is 1.24. The van der Waals surface area contributed by atoms with Gasteiger partial charge in [-0.3, -0.25) is 4.98 Å². The number of hydrogen-bond donors (Lipinski definition) is 1. The van der Waals surface area contributed by atoms with Gasteiger partial charge in [-0.15, -0.1) is 0 Å². The molecule has 78 valence electrons. The fraction of sp³-hybridized carbons (Fsp3) is 0.583. The zero-order valence-electron chi connectivity index (χ0n) is 9.38. The first kappa shape index (κ1) is 11.2. The Labute approximate surface area is 86.5 Å². The highest BCUT2D eigenvalue weighted by Gasteiger charge is 2.09. The SMILES string of the molecule is CC(C)(C)CCc1ccc(CN)nc1. The van der Waals surface area contributed by atoms with Crippen molar-refractivity contribution in [1.82, 2.24) is 4.98 Å². The van der Waals surface area contributed by atoms with Gasteiger partial charge in [-0.1, -0.05) is 26.8 Å². The van der Waals surface area contributed by atoms with Gasteiger partial charge in [-0.05, 0) is 29.9 Å². The van der Waals surface area contributed by atoms with Crippen LogP contribution in [0.5, 0.6) is 0 Å². The van der Waals surface area contributed by atoms with E-state index in [4.69, 9.17) is 5.73 Å². The topological polar surface area (TPSA) is 38.9 Å². The maximum Gasteiger partial charge on any atom is 0.0539 e. The van der Waals surface area contributed by atoms with E-state index in [0.29, 0.717) is 12.0 Å². The summed E-state index contributed by atoms with van der Waals surface area (Å²) >= 11 is 0. The Balaban J connectivity index is 2.52. The van der Waals surface area contributed by atoms with Crippen molar-refractivity contribution in [1.29, 1.82) is 0 Å². The first-order chi connectivity index (χ1) is 6.51. The third-order valence-corrected chi connectivity index (χ3v) is 2.26. The number of rotatable bonds is 3. The lowest BCUT2D eigenvalue weighted by atomic mass is 9.89. The summed E-state index contributed by atoms with van der Waals surface area (Å²) in [6.45, 7) is 7.30. The van der Waals surface area contributed by atoms with Crippen LogP contribution in [0.3, 0.4) is 0 Å². The Hall–Kier alpha value is -0.890. The van der Waals surface area contributed by atoms with Crippen molar-refractivity contribution in [2.24, 2.45) is 11.1 Å². The number of aryl methyl sites for hydroxylation is 1. The molecule has 0 saturated heterocycles. The number of pyridine rings is 1. The number of hydrogen-bond acceptors (Lipinski definition) is 2. The lowest BCUT2D eigenvalue weighted by Gasteiger charge is -2.17. The Kier molecular flexibility index (Phi) is 3.64. The van der Waals surface area contributed by atoms with E-state index in [9.17, 15) is 0 Å². The minimum Gasteiger partial charge on any atom is -0.325 e. The van der Waals surface area contributed by atoms with Crippen LogP contribution < -0.4 is 5.73 Å². The molecule has 0 unspecified atom stereocenters. The molecule has 0 fully saturated rings. The van der Waals surface area contributed by atoms with Gasteiger partial charge in [0.05, 0.1) is 5.69 Å². The smallest absolute Gasteiger partial charge is 0.0539 e. The van der Waals surface area contributed by atoms with Crippen molar-refractivity contribution in [2.45, 2.75) is 40.2 Å². The summed E-state index contributed by atoms with van der Waals surface area (Å²) in [6, 6.07) is 4.14. The van der Waals surface area contributed by atoms with Gasteiger partial charge in [0, 0.05) is 12.7 Å². The molecule has 1 aromatic heterocycles. The minimum atomic E-state index is 0.395. The molecule has 2 nitrogen and oxygen atoms in total. The third-order valence-electron chi connectivity index (χ3n) is 2.26. The number of nitrogens with two attached hydrogens (primary N) is 1. The molecule has 0 aliphatic rings. The van der Waals surface area contributed by atoms with E-state index < -0.39 is 0 Å². The average molecular weight is 192 g/mol. The van der Waals surface area contributed by atoms with Crippen LogP contribution in [-0.4, -0.2) is 4.98 Å². The lowest BCUT2D eigenvalue weighted by molar-refractivity contribution is 0.378. The van der Waals surface area contributed by atoms with E-state index in [2.05, 4.69) is 31.8 Å². The Morgan fingerprint density at radius 1 is 1.29 bits per heavy atom. The quantitative estimate of drug-likeness (QED) is 0.799. The second-order valence-corrected chi connectivity index (χ2v) is 4.92. The highest BCUT2D eigenvalue weighted by Crippen LogP contribution is 2.21. The van der Waals surface area contributed by atoms with E-state index in [-0.39, 0.29) is 0 Å². The first-order valence-corrected chi connectivity index (χ1v) is 5.15. The van der Waals surface area contributed by atoms with Crippen LogP contribution in [0.1, 0.15) is 38.4 Å². The normalized spacial score (nSPS) is 11.7. The predicted octanol–water partition coefficient (Wildman–Crippen LogP) is 2.52. The largest absolute Gasteiger partial charge is 0.325 e. The van der Waals surface area contributed by atoms with Gasteiger partial charge in [-0.2, -0.15) is 0 Å². The van der Waals surface area contributed by atoms with Crippen LogP contribution in [0.4, 0.5) is 0 Å². The molecule has 0 aromatic carbocycles. The van der Waals surface area contributed by atoms with Crippen molar-refractivity contribution >= 4 is 0 Å². The van der Waals surface area contributed by atoms with Crippen LogP contribution in [0.2, 0.25) is 0 Å². The number of aromatic nitrogens is 1. The fourth-order valence-corrected chi connectivity index (χ4v) is 1.24. The van der Waals surface area contributed by atoms with Gasteiger partial charge in [0.1, 0.15) is 0 Å². The number of nitrogens with zero attached hydrogens (tertiary/aromatic N) is 1. The molecule has 0 radical (unpaired) electrons. The van der Waals surface area contributed by atoms with E-state index in [1.807, 2.05) is 12.3 Å². The first-order valence-electron chi connectivity index (χ1n) is 5.15. The van der Waals surface area contributed by atoms with Crippen molar-refractivity contribution in [3.63, 3.8) is 0 Å². The monoisotopic (exact) mass is 192 g/mol. The van der Waals surface area contributed by atoms with Crippen molar-refractivity contribution in [3.8, 4) is 0 Å². The van der Waals surface area contributed by atoms with Gasteiger partial charge in [-0.25, -0.2) is 0 Å². The molecule has 0 saturated carbocycles. The van der Waals surface area contributed by atoms with Crippen molar-refractivity contribution in [3.05, 3.63) is 29.6 Å². The van der Waals surface area contributed by atoms with E-state index in [1.165, 1.54) is 12.0 Å². The summed E-state index contributed by atoms with van der Waals surface area (Å²) in [5.41, 5.74) is 8.14. The molecule has 0 aliphatic carbocycles. The van der Waals surface area contributed by atoms with Gasteiger partial charge >= 0.3 is 0 Å². The molecule has 0 bridgehead atoms. The average Bonchev–Trinajstić information content (AvgIpc) is 2.14. The zero-order chi connectivity index (χ0) is 10.6. The molecule has 1 heterocycles. The van der Waals surface area contributed by atoms with Crippen LogP contribution in [0.15, 0.2) is 18.3 Å². The molecule has 2 heteroatoms. The Morgan fingerprint density at radius 3 is 2.43 bits per heavy atom. The molecule has 0 aliphatic heterocycles. The molecular formula is C12H20N2. The maximum atomic E-state index is 5.48. The summed E-state index contributed by atoms with van der Waals surface area (Å²) in [4.78, 5) is 4.27. The van der Waals surface area contributed by atoms with Crippen molar-refractivity contribution < 1.29 is 0 Å². The molecule has 1 rings (SSSR count). The Bertz CT molecular complexity index is 269. The highest BCUT2D eigenvalue weighted by molar-refractivity contribution is 5.14. The molecule has 0 spiro atoms. The summed E-state index contributed by atoms with van der Waals surface area (Å²) < 4.78 is 0. The van der Waals surface area contributed by atoms with Crippen LogP contribution in [0, 0.1) is 5.41 Å². The van der Waals surface area contributed by atoms with E-state index in [0.717, 1.165) is 12.1 Å². The van der Waals surface area contributed by atoms with E-state index in [1.54, 1.807) is 0 Å². The standard InChI is InChI=1S/C12H20N2/c1-12(2,3)7-6-10-4-5-11(8-13)14-9-10/h4-5,9H,6-8,13H2,1-3H3. The molecule has 1 aromatic rings. The zero-order valence-corrected chi connectivity index (χ0v) is 9.38. The third kappa shape index (κ3) is 3.88. The van der Waals surface area contributed by atoms with Gasteiger partial charge in [0.25, 0.3) is 0 Å². The van der Waals surface area contributed by atoms with Gasteiger partial charge in [0.2, 0.25) is 0 Å². The Morgan fingerprint density at radius 2 is 2.00 bits per heavy atom. The predicted molar refractivity (Wildman–Crippen MR) is 59.9 cm³/mol. The van der Waals surface area contributed by atoms with E-state index >= 15 is 0 Å². The lowest BCUT2D eigenvalue weighted by Crippen LogP contribution is -2.07. The van der Waals surface area contributed by atoms with Crippen LogP contribution in [0.25, 0.3) is 0 Å². The molecule has 14 heavy (non-hydrogen) atoms. The summed E-state index contributed by atoms with van der Waals surface area (Å²) in [6.07, 6.45) is 4.23. The van der Waals surface area contributed by atoms with Crippen LogP contribution in [-0.2, 0) is 13.0 Å². The molecule has 0 atom stereocenters. The summed E-state index contributed by atoms with van der Waals surface area (Å²) in [5, 5.41) is 0. The van der Waals surface area contributed by atoms with Gasteiger partial charge in [0.15, 0.2) is 0 Å². The summed E-state index contributed by atoms with van der Waals surface area (Å²) in [7, 11) is 0.